The van der Waals surface area contributed by atoms with Gasteiger partial charge in [-0.1, -0.05) is 24.9 Å². The molecule has 1 aliphatic heterocycles. The summed E-state index contributed by atoms with van der Waals surface area (Å²) in [4.78, 5) is 51.0. The van der Waals surface area contributed by atoms with E-state index in [-0.39, 0.29) is 33.6 Å². The number of hydrogen-bond acceptors (Lipinski definition) is 7. The molecule has 1 N–H and O–H groups in total. The van der Waals surface area contributed by atoms with E-state index in [1.165, 1.54) is 36.4 Å². The molecule has 1 saturated heterocycles. The zero-order chi connectivity index (χ0) is 27.2. The van der Waals surface area contributed by atoms with Gasteiger partial charge in [0.1, 0.15) is 23.9 Å². The van der Waals surface area contributed by atoms with Crippen molar-refractivity contribution in [2.24, 2.45) is 0 Å². The smallest absolute Gasteiger partial charge is 0.339 e. The first kappa shape index (κ1) is 27.2. The first-order valence-electron chi connectivity index (χ1n) is 11.6. The monoisotopic (exact) mass is 556 g/mol. The van der Waals surface area contributed by atoms with E-state index in [4.69, 9.17) is 20.8 Å². The molecule has 0 unspecified atom stereocenters. The van der Waals surface area contributed by atoms with Gasteiger partial charge in [-0.25, -0.2) is 9.18 Å². The van der Waals surface area contributed by atoms with Crippen molar-refractivity contribution in [1.29, 1.82) is 0 Å². The Balaban J connectivity index is 1.40. The number of benzene rings is 2. The van der Waals surface area contributed by atoms with E-state index in [0.29, 0.717) is 35.3 Å². The Morgan fingerprint density at radius 1 is 1.13 bits per heavy atom. The number of thioether (sulfide) groups is 1. The highest BCUT2D eigenvalue weighted by atomic mass is 35.5. The second-order valence-electron chi connectivity index (χ2n) is 8.21. The summed E-state index contributed by atoms with van der Waals surface area (Å²) in [5.74, 6) is -1.50. The summed E-state index contributed by atoms with van der Waals surface area (Å²) in [6.45, 7) is 1.69. The van der Waals surface area contributed by atoms with Gasteiger partial charge in [-0.15, -0.1) is 0 Å². The molecule has 2 aromatic carbocycles. The summed E-state index contributed by atoms with van der Waals surface area (Å²) in [7, 11) is 0. The number of hydrogen-bond donors (Lipinski definition) is 1. The number of ether oxygens (including phenoxy) is 1. The van der Waals surface area contributed by atoms with Crippen LogP contribution >= 0.6 is 23.4 Å². The molecule has 2 heterocycles. The van der Waals surface area contributed by atoms with Crippen LogP contribution in [-0.2, 0) is 14.3 Å². The number of unbranched alkanes of at least 4 members (excludes halogenated alkanes) is 1. The van der Waals surface area contributed by atoms with Gasteiger partial charge < -0.3 is 14.5 Å². The van der Waals surface area contributed by atoms with Crippen LogP contribution in [0.1, 0.15) is 35.9 Å². The quantitative estimate of drug-likeness (QED) is 0.185. The van der Waals surface area contributed by atoms with E-state index in [0.717, 1.165) is 11.3 Å². The van der Waals surface area contributed by atoms with Crippen LogP contribution in [0, 0.1) is 5.82 Å². The van der Waals surface area contributed by atoms with Crippen molar-refractivity contribution >= 4 is 58.1 Å². The lowest BCUT2D eigenvalue weighted by Crippen LogP contribution is -2.36. The van der Waals surface area contributed by atoms with E-state index >= 15 is 0 Å². The zero-order valence-corrected chi connectivity index (χ0v) is 21.7. The van der Waals surface area contributed by atoms with Crippen LogP contribution < -0.4 is 5.32 Å². The Morgan fingerprint density at radius 2 is 1.89 bits per heavy atom. The SMILES string of the molecule is CCCCOC(=O)c1cc(NC(=O)CN2C(=O)S/C(=C\c3ccc(-c4ccc(F)cc4)o3)C2=O)ccc1Cl. The van der Waals surface area contributed by atoms with Gasteiger partial charge in [-0.3, -0.25) is 19.3 Å². The zero-order valence-electron chi connectivity index (χ0n) is 20.2. The molecule has 0 radical (unpaired) electrons. The third-order valence-corrected chi connectivity index (χ3v) is 6.64. The highest BCUT2D eigenvalue weighted by molar-refractivity contribution is 8.18. The van der Waals surface area contributed by atoms with Gasteiger partial charge in [0.05, 0.1) is 22.1 Å². The van der Waals surface area contributed by atoms with Gasteiger partial charge in [0.15, 0.2) is 0 Å². The number of carbonyl (C=O) groups excluding carboxylic acids is 4. The average molecular weight is 557 g/mol. The van der Waals surface area contributed by atoms with Gasteiger partial charge >= 0.3 is 5.97 Å². The van der Waals surface area contributed by atoms with Crippen molar-refractivity contribution in [3.05, 3.63) is 81.7 Å². The Hall–Kier alpha value is -3.89. The summed E-state index contributed by atoms with van der Waals surface area (Å²) < 4.78 is 24.0. The van der Waals surface area contributed by atoms with Crippen LogP contribution in [0.25, 0.3) is 17.4 Å². The number of esters is 1. The van der Waals surface area contributed by atoms with Crippen LogP contribution in [0.15, 0.2) is 63.9 Å². The average Bonchev–Trinajstić information content (AvgIpc) is 3.46. The van der Waals surface area contributed by atoms with Gasteiger partial charge in [0.25, 0.3) is 11.1 Å². The number of nitrogens with one attached hydrogen (secondary N) is 1. The van der Waals surface area contributed by atoms with Gasteiger partial charge in [-0.2, -0.15) is 0 Å². The molecule has 0 bridgehead atoms. The molecule has 3 amide bonds. The minimum atomic E-state index is -0.647. The molecular formula is C27H22ClFN2O6S. The van der Waals surface area contributed by atoms with Gasteiger partial charge in [-0.05, 0) is 72.8 Å². The number of anilines is 1. The third-order valence-electron chi connectivity index (χ3n) is 5.41. The maximum absolute atomic E-state index is 13.2. The summed E-state index contributed by atoms with van der Waals surface area (Å²) in [5, 5.41) is 2.12. The Kier molecular flexibility index (Phi) is 8.65. The predicted molar refractivity (Wildman–Crippen MR) is 142 cm³/mol. The van der Waals surface area contributed by atoms with Gasteiger partial charge in [0.2, 0.25) is 5.91 Å². The van der Waals surface area contributed by atoms with E-state index in [2.05, 4.69) is 5.32 Å². The Morgan fingerprint density at radius 3 is 2.63 bits per heavy atom. The van der Waals surface area contributed by atoms with Crippen molar-refractivity contribution < 1.29 is 32.7 Å². The molecule has 196 valence electrons. The van der Waals surface area contributed by atoms with E-state index in [1.807, 2.05) is 6.92 Å². The largest absolute Gasteiger partial charge is 0.462 e. The van der Waals surface area contributed by atoms with Crippen LogP contribution in [0.3, 0.4) is 0 Å². The molecule has 4 rings (SSSR count). The lowest BCUT2D eigenvalue weighted by Gasteiger charge is -2.13. The van der Waals surface area contributed by atoms with Crippen LogP contribution in [0.5, 0.6) is 0 Å². The van der Waals surface area contributed by atoms with Crippen LogP contribution in [0.2, 0.25) is 5.02 Å². The molecule has 0 atom stereocenters. The van der Waals surface area contributed by atoms with Crippen molar-refractivity contribution in [2.75, 3.05) is 18.5 Å². The molecule has 0 aliphatic carbocycles. The van der Waals surface area contributed by atoms with Crippen molar-refractivity contribution in [1.82, 2.24) is 4.90 Å². The first-order chi connectivity index (χ1) is 18.2. The molecule has 1 aromatic heterocycles. The second kappa shape index (κ2) is 12.1. The number of carbonyl (C=O) groups is 4. The lowest BCUT2D eigenvalue weighted by molar-refractivity contribution is -0.127. The normalized spacial score (nSPS) is 14.3. The second-order valence-corrected chi connectivity index (χ2v) is 9.61. The molecule has 1 aliphatic rings. The number of rotatable bonds is 9. The fraction of sp³-hybridized carbons (Fsp3) is 0.185. The maximum Gasteiger partial charge on any atom is 0.339 e. The Labute approximate surface area is 226 Å². The van der Waals surface area contributed by atoms with Crippen molar-refractivity contribution in [3.8, 4) is 11.3 Å². The highest BCUT2D eigenvalue weighted by Gasteiger charge is 2.36. The van der Waals surface area contributed by atoms with E-state index < -0.39 is 29.6 Å². The lowest BCUT2D eigenvalue weighted by atomic mass is 10.2. The molecule has 8 nitrogen and oxygen atoms in total. The first-order valence-corrected chi connectivity index (χ1v) is 12.8. The summed E-state index contributed by atoms with van der Waals surface area (Å²) in [6.07, 6.45) is 2.98. The third kappa shape index (κ3) is 6.51. The summed E-state index contributed by atoms with van der Waals surface area (Å²) >= 11 is 6.78. The molecule has 0 spiro atoms. The standard InChI is InChI=1S/C27H22ClFN2O6S/c1-2-3-12-36-26(34)20-13-18(8-10-21(20)28)30-24(32)15-31-25(33)23(38-27(31)35)14-19-9-11-22(37-19)16-4-6-17(29)7-5-16/h4-11,13-14H,2-3,12,15H2,1H3,(H,30,32)/b23-14-. The van der Waals surface area contributed by atoms with E-state index in [9.17, 15) is 23.6 Å². The minimum Gasteiger partial charge on any atom is -0.462 e. The number of amides is 3. The molecule has 1 fully saturated rings. The van der Waals surface area contributed by atoms with Crippen LogP contribution in [-0.4, -0.2) is 41.1 Å². The fourth-order valence-corrected chi connectivity index (χ4v) is 4.47. The molecule has 11 heteroatoms. The molecule has 0 saturated carbocycles. The topological polar surface area (TPSA) is 106 Å². The minimum absolute atomic E-state index is 0.0893. The highest BCUT2D eigenvalue weighted by Crippen LogP contribution is 2.33. The molecule has 3 aromatic rings. The molecular weight excluding hydrogens is 535 g/mol. The van der Waals surface area contributed by atoms with E-state index in [1.54, 1.807) is 24.3 Å². The Bertz CT molecular complexity index is 1420. The van der Waals surface area contributed by atoms with Crippen molar-refractivity contribution in [3.63, 3.8) is 0 Å². The number of furan rings is 1. The maximum atomic E-state index is 13.2. The summed E-state index contributed by atoms with van der Waals surface area (Å²) in [6, 6.07) is 13.3. The molecule has 38 heavy (non-hydrogen) atoms. The summed E-state index contributed by atoms with van der Waals surface area (Å²) in [5.41, 5.74) is 0.997. The van der Waals surface area contributed by atoms with Gasteiger partial charge in [0, 0.05) is 17.3 Å². The number of halogens is 2. The number of imide groups is 1. The predicted octanol–water partition coefficient (Wildman–Crippen LogP) is 6.37. The van der Waals surface area contributed by atoms with Crippen LogP contribution in [0.4, 0.5) is 14.9 Å². The number of nitrogens with zero attached hydrogens (tertiary/aromatic N) is 1. The fourth-order valence-electron chi connectivity index (χ4n) is 3.46. The van der Waals surface area contributed by atoms with Crippen molar-refractivity contribution in [2.45, 2.75) is 19.8 Å².